The van der Waals surface area contributed by atoms with Crippen LogP contribution in [0.1, 0.15) is 27.9 Å². The first-order chi connectivity index (χ1) is 12.0. The fourth-order valence-electron chi connectivity index (χ4n) is 2.84. The molecule has 2 aromatic carbocycles. The Morgan fingerprint density at radius 3 is 2.68 bits per heavy atom. The van der Waals surface area contributed by atoms with E-state index in [1.807, 2.05) is 6.07 Å². The monoisotopic (exact) mass is 340 g/mol. The van der Waals surface area contributed by atoms with Crippen molar-refractivity contribution in [2.75, 3.05) is 11.9 Å². The van der Waals surface area contributed by atoms with Crippen LogP contribution in [0.15, 0.2) is 42.5 Å². The lowest BCUT2D eigenvalue weighted by molar-refractivity contribution is -0.383. The van der Waals surface area contributed by atoms with E-state index in [0.717, 1.165) is 24.8 Å². The number of aryl methyl sites for hydroxylation is 2. The first kappa shape index (κ1) is 16.6. The molecule has 1 aliphatic carbocycles. The predicted molar refractivity (Wildman–Crippen MR) is 90.5 cm³/mol. The van der Waals surface area contributed by atoms with Crippen LogP contribution in [0.2, 0.25) is 0 Å². The van der Waals surface area contributed by atoms with Gasteiger partial charge in [-0.05, 0) is 48.6 Å². The number of benzene rings is 2. The van der Waals surface area contributed by atoms with E-state index in [-0.39, 0.29) is 11.4 Å². The molecule has 0 aromatic heterocycles. The number of esters is 1. The molecule has 1 N–H and O–H groups in total. The molecule has 7 nitrogen and oxygen atoms in total. The van der Waals surface area contributed by atoms with Crippen molar-refractivity contribution in [3.05, 3.63) is 69.3 Å². The highest BCUT2D eigenvalue weighted by molar-refractivity contribution is 5.96. The number of para-hydroxylation sites is 2. The predicted octanol–water partition coefficient (Wildman–Crippen LogP) is 2.88. The summed E-state index contributed by atoms with van der Waals surface area (Å²) in [5.74, 6) is -1.23. The average molecular weight is 340 g/mol. The van der Waals surface area contributed by atoms with Gasteiger partial charge in [-0.25, -0.2) is 4.79 Å². The molecule has 128 valence electrons. The van der Waals surface area contributed by atoms with Gasteiger partial charge in [-0.15, -0.1) is 0 Å². The van der Waals surface area contributed by atoms with Gasteiger partial charge in [0, 0.05) is 6.07 Å². The minimum atomic E-state index is -0.635. The molecule has 7 heteroatoms. The third-order valence-corrected chi connectivity index (χ3v) is 4.04. The molecule has 0 atom stereocenters. The van der Waals surface area contributed by atoms with E-state index < -0.39 is 23.4 Å². The molecule has 3 rings (SSSR count). The largest absolute Gasteiger partial charge is 0.452 e. The minimum Gasteiger partial charge on any atom is -0.452 e. The summed E-state index contributed by atoms with van der Waals surface area (Å²) < 4.78 is 5.00. The van der Waals surface area contributed by atoms with E-state index in [1.54, 1.807) is 18.2 Å². The zero-order valence-corrected chi connectivity index (χ0v) is 13.4. The van der Waals surface area contributed by atoms with Crippen LogP contribution < -0.4 is 5.32 Å². The third-order valence-electron chi connectivity index (χ3n) is 4.04. The van der Waals surface area contributed by atoms with Crippen molar-refractivity contribution in [1.82, 2.24) is 0 Å². The lowest BCUT2D eigenvalue weighted by Crippen LogP contribution is -2.21. The van der Waals surface area contributed by atoms with Gasteiger partial charge in [0.1, 0.15) is 5.69 Å². The molecular weight excluding hydrogens is 324 g/mol. The summed E-state index contributed by atoms with van der Waals surface area (Å²) >= 11 is 0. The lowest BCUT2D eigenvalue weighted by atomic mass is 10.1. The highest BCUT2D eigenvalue weighted by Gasteiger charge is 2.18. The van der Waals surface area contributed by atoms with E-state index in [1.165, 1.54) is 23.8 Å². The zero-order valence-electron chi connectivity index (χ0n) is 13.4. The summed E-state index contributed by atoms with van der Waals surface area (Å²) in [4.78, 5) is 34.3. The van der Waals surface area contributed by atoms with Crippen LogP contribution in [0.4, 0.5) is 11.4 Å². The lowest BCUT2D eigenvalue weighted by Gasteiger charge is -2.08. The average Bonchev–Trinajstić information content (AvgIpc) is 3.07. The minimum absolute atomic E-state index is 0.0612. The summed E-state index contributed by atoms with van der Waals surface area (Å²) in [5, 5.41) is 13.3. The fourth-order valence-corrected chi connectivity index (χ4v) is 2.84. The van der Waals surface area contributed by atoms with Crippen LogP contribution in [0.3, 0.4) is 0 Å². The molecule has 0 heterocycles. The zero-order chi connectivity index (χ0) is 17.8. The van der Waals surface area contributed by atoms with E-state index in [0.29, 0.717) is 5.56 Å². The Morgan fingerprint density at radius 2 is 1.88 bits per heavy atom. The van der Waals surface area contributed by atoms with Gasteiger partial charge in [0.15, 0.2) is 6.61 Å². The fraction of sp³-hybridized carbons (Fsp3) is 0.222. The number of carbonyl (C=O) groups excluding carboxylic acids is 2. The van der Waals surface area contributed by atoms with Gasteiger partial charge in [-0.2, -0.15) is 0 Å². The van der Waals surface area contributed by atoms with Gasteiger partial charge in [-0.1, -0.05) is 18.2 Å². The number of nitro benzene ring substituents is 1. The second kappa shape index (κ2) is 7.12. The number of anilines is 1. The number of ether oxygens (including phenoxy) is 1. The normalized spacial score (nSPS) is 12.3. The van der Waals surface area contributed by atoms with Gasteiger partial charge in [0.05, 0.1) is 10.5 Å². The van der Waals surface area contributed by atoms with Gasteiger partial charge >= 0.3 is 5.97 Å². The number of nitrogens with one attached hydrogen (secondary N) is 1. The summed E-state index contributed by atoms with van der Waals surface area (Å²) in [6, 6.07) is 11.2. The number of hydrogen-bond acceptors (Lipinski definition) is 5. The van der Waals surface area contributed by atoms with Crippen LogP contribution in [0.25, 0.3) is 0 Å². The molecule has 2 aromatic rings. The first-order valence-corrected chi connectivity index (χ1v) is 7.87. The maximum atomic E-state index is 12.1. The van der Waals surface area contributed by atoms with Crippen molar-refractivity contribution >= 4 is 23.3 Å². The van der Waals surface area contributed by atoms with Crippen LogP contribution in [-0.2, 0) is 22.4 Å². The number of carbonyl (C=O) groups is 2. The number of hydrogen-bond donors (Lipinski definition) is 1. The third kappa shape index (κ3) is 3.82. The van der Waals surface area contributed by atoms with E-state index >= 15 is 0 Å². The molecular formula is C18H16N2O5. The van der Waals surface area contributed by atoms with E-state index in [9.17, 15) is 19.7 Å². The van der Waals surface area contributed by atoms with Crippen LogP contribution >= 0.6 is 0 Å². The van der Waals surface area contributed by atoms with E-state index in [4.69, 9.17) is 4.74 Å². The molecule has 0 radical (unpaired) electrons. The number of rotatable bonds is 5. The smallest absolute Gasteiger partial charge is 0.338 e. The maximum Gasteiger partial charge on any atom is 0.338 e. The molecule has 1 aliphatic rings. The number of amides is 1. The van der Waals surface area contributed by atoms with Gasteiger partial charge in [0.2, 0.25) is 0 Å². The Kier molecular flexibility index (Phi) is 4.74. The Balaban J connectivity index is 1.59. The van der Waals surface area contributed by atoms with Crippen LogP contribution in [0.5, 0.6) is 0 Å². The Hall–Kier alpha value is -3.22. The van der Waals surface area contributed by atoms with Crippen molar-refractivity contribution in [2.45, 2.75) is 19.3 Å². The summed E-state index contributed by atoms with van der Waals surface area (Å²) in [7, 11) is 0. The highest BCUT2D eigenvalue weighted by Crippen LogP contribution is 2.24. The number of nitro groups is 1. The van der Waals surface area contributed by atoms with Crippen molar-refractivity contribution in [3.63, 3.8) is 0 Å². The molecule has 0 unspecified atom stereocenters. The molecule has 25 heavy (non-hydrogen) atoms. The molecule has 0 saturated carbocycles. The molecule has 1 amide bonds. The standard InChI is InChI=1S/C18H16N2O5/c21-17(19-15-6-1-2-7-16(15)20(23)24)11-25-18(22)14-9-8-12-4-3-5-13(12)10-14/h1-2,6-10H,3-5,11H2,(H,19,21). The quantitative estimate of drug-likeness (QED) is 0.512. The molecule has 0 fully saturated rings. The highest BCUT2D eigenvalue weighted by atomic mass is 16.6. The van der Waals surface area contributed by atoms with Crippen molar-refractivity contribution in [2.24, 2.45) is 0 Å². The second-order valence-corrected chi connectivity index (χ2v) is 5.74. The molecule has 0 spiro atoms. The SMILES string of the molecule is O=C(COC(=O)c1ccc2c(c1)CCC2)Nc1ccccc1[N+](=O)[O-]. The van der Waals surface area contributed by atoms with Gasteiger partial charge < -0.3 is 10.1 Å². The second-order valence-electron chi connectivity index (χ2n) is 5.74. The Bertz CT molecular complexity index is 847. The van der Waals surface area contributed by atoms with Crippen molar-refractivity contribution in [3.8, 4) is 0 Å². The Labute approximate surface area is 143 Å². The summed E-state index contributed by atoms with van der Waals surface area (Å²) in [6.07, 6.45) is 3.03. The molecule has 0 aliphatic heterocycles. The topological polar surface area (TPSA) is 98.5 Å². The maximum absolute atomic E-state index is 12.1. The van der Waals surface area contributed by atoms with Crippen molar-refractivity contribution in [1.29, 1.82) is 0 Å². The van der Waals surface area contributed by atoms with E-state index in [2.05, 4.69) is 5.32 Å². The van der Waals surface area contributed by atoms with Gasteiger partial charge in [-0.3, -0.25) is 14.9 Å². The van der Waals surface area contributed by atoms with Crippen LogP contribution in [-0.4, -0.2) is 23.4 Å². The van der Waals surface area contributed by atoms with Gasteiger partial charge in [0.25, 0.3) is 11.6 Å². The molecule has 0 bridgehead atoms. The summed E-state index contributed by atoms with van der Waals surface area (Å²) in [5.41, 5.74) is 2.62. The Morgan fingerprint density at radius 1 is 1.12 bits per heavy atom. The van der Waals surface area contributed by atoms with Crippen LogP contribution in [0, 0.1) is 10.1 Å². The number of nitrogens with zero attached hydrogens (tertiary/aromatic N) is 1. The summed E-state index contributed by atoms with van der Waals surface area (Å²) in [6.45, 7) is -0.512. The number of fused-ring (bicyclic) bond motifs is 1. The first-order valence-electron chi connectivity index (χ1n) is 7.87. The van der Waals surface area contributed by atoms with Crippen molar-refractivity contribution < 1.29 is 19.2 Å². The molecule has 0 saturated heterocycles.